The molecule has 2 saturated carbocycles. The highest BCUT2D eigenvalue weighted by Gasteiger charge is 2.55. The van der Waals surface area contributed by atoms with Crippen LogP contribution in [0.1, 0.15) is 51.8 Å². The predicted octanol–water partition coefficient (Wildman–Crippen LogP) is 6.13. The Morgan fingerprint density at radius 1 is 1.19 bits per heavy atom. The maximum Gasteiger partial charge on any atom is 0.249 e. The number of carbonyl (C=O) groups is 1. The summed E-state index contributed by atoms with van der Waals surface area (Å²) in [6.45, 7) is 4.47. The Morgan fingerprint density at radius 2 is 1.88 bits per heavy atom. The summed E-state index contributed by atoms with van der Waals surface area (Å²) in [6.07, 6.45) is 5.90. The molecule has 1 aromatic carbocycles. The zero-order valence-electron chi connectivity index (χ0n) is 18.6. The number of halogens is 1. The second-order valence-electron chi connectivity index (χ2n) is 9.45. The monoisotopic (exact) mass is 491 g/mol. The Hall–Kier alpha value is -1.18. The van der Waals surface area contributed by atoms with Gasteiger partial charge in [-0.2, -0.15) is 0 Å². The fourth-order valence-corrected chi connectivity index (χ4v) is 9.92. The van der Waals surface area contributed by atoms with Gasteiger partial charge >= 0.3 is 0 Å². The molecule has 2 unspecified atom stereocenters. The molecular weight excluding hydrogens is 462 g/mol. The first-order valence-electron chi connectivity index (χ1n) is 11.6. The second-order valence-corrected chi connectivity index (χ2v) is 12.9. The fraction of sp³-hybridized carbons (Fsp3) is 0.625. The van der Waals surface area contributed by atoms with Gasteiger partial charge in [-0.05, 0) is 63.5 Å². The topological polar surface area (TPSA) is 59.2 Å². The van der Waals surface area contributed by atoms with E-state index in [0.29, 0.717) is 44.8 Å². The van der Waals surface area contributed by atoms with Crippen molar-refractivity contribution in [2.24, 2.45) is 17.8 Å². The van der Waals surface area contributed by atoms with E-state index in [1.807, 2.05) is 23.1 Å². The molecule has 1 aromatic heterocycles. The van der Waals surface area contributed by atoms with Gasteiger partial charge in [0.1, 0.15) is 0 Å². The van der Waals surface area contributed by atoms with Crippen molar-refractivity contribution < 1.29 is 9.21 Å². The van der Waals surface area contributed by atoms with E-state index in [-0.39, 0.29) is 17.9 Å². The number of rotatable bonds is 5. The minimum atomic E-state index is 0.0733. The molecule has 2 aromatic rings. The quantitative estimate of drug-likeness (QED) is 0.501. The maximum absolute atomic E-state index is 13.7. The minimum Gasteiger partial charge on any atom is -0.419 e. The Bertz CT molecular complexity index is 960. The van der Waals surface area contributed by atoms with Gasteiger partial charge in [0.2, 0.25) is 17.7 Å². The van der Waals surface area contributed by atoms with E-state index in [2.05, 4.69) is 47.6 Å². The largest absolute Gasteiger partial charge is 0.419 e. The summed E-state index contributed by atoms with van der Waals surface area (Å²) >= 11 is 10.6. The zero-order chi connectivity index (χ0) is 22.3. The highest BCUT2D eigenvalue weighted by molar-refractivity contribution is 8.21. The molecule has 2 aliphatic carbocycles. The van der Waals surface area contributed by atoms with Crippen LogP contribution in [0, 0.1) is 17.8 Å². The van der Waals surface area contributed by atoms with Gasteiger partial charge in [0.05, 0.1) is 21.2 Å². The Morgan fingerprint density at radius 3 is 2.53 bits per heavy atom. The third-order valence-electron chi connectivity index (χ3n) is 7.25. The van der Waals surface area contributed by atoms with Crippen LogP contribution in [-0.2, 0) is 11.3 Å². The minimum absolute atomic E-state index is 0.0733. The summed E-state index contributed by atoms with van der Waals surface area (Å²) in [5.41, 5.74) is 0.715. The summed E-state index contributed by atoms with van der Waals surface area (Å²) in [4.78, 5) is 15.6. The third kappa shape index (κ3) is 4.09. The zero-order valence-corrected chi connectivity index (χ0v) is 21.0. The van der Waals surface area contributed by atoms with Crippen LogP contribution in [0.15, 0.2) is 28.7 Å². The van der Waals surface area contributed by atoms with Crippen LogP contribution in [0.3, 0.4) is 0 Å². The Labute approximate surface area is 203 Å². The Kier molecular flexibility index (Phi) is 6.52. The second kappa shape index (κ2) is 9.22. The lowest BCUT2D eigenvalue weighted by Gasteiger charge is -2.52. The molecule has 5 rings (SSSR count). The molecule has 1 amide bonds. The summed E-state index contributed by atoms with van der Waals surface area (Å²) in [5.74, 6) is 5.04. The Balaban J connectivity index is 1.32. The molecule has 1 spiro atoms. The van der Waals surface area contributed by atoms with Crippen molar-refractivity contribution in [3.8, 4) is 11.5 Å². The molecule has 8 heteroatoms. The van der Waals surface area contributed by atoms with Crippen LogP contribution < -0.4 is 0 Å². The van der Waals surface area contributed by atoms with Crippen molar-refractivity contribution >= 4 is 41.0 Å². The number of nitrogens with zero attached hydrogens (tertiary/aromatic N) is 3. The first kappa shape index (κ1) is 22.6. The summed E-state index contributed by atoms with van der Waals surface area (Å²) in [5, 5.41) is 8.98. The molecule has 5 nitrogen and oxygen atoms in total. The number of thioether (sulfide) groups is 2. The number of benzene rings is 1. The van der Waals surface area contributed by atoms with Gasteiger partial charge in [-0.1, -0.05) is 30.2 Å². The van der Waals surface area contributed by atoms with Crippen LogP contribution in [0.2, 0.25) is 5.02 Å². The van der Waals surface area contributed by atoms with Crippen molar-refractivity contribution in [1.29, 1.82) is 0 Å². The van der Waals surface area contributed by atoms with Crippen LogP contribution in [0.5, 0.6) is 0 Å². The van der Waals surface area contributed by atoms with Crippen LogP contribution in [0.25, 0.3) is 11.5 Å². The fourth-order valence-electron chi connectivity index (χ4n) is 5.77. The van der Waals surface area contributed by atoms with Gasteiger partial charge < -0.3 is 9.32 Å². The van der Waals surface area contributed by atoms with E-state index in [1.54, 1.807) is 6.07 Å². The first-order chi connectivity index (χ1) is 15.5. The van der Waals surface area contributed by atoms with Crippen molar-refractivity contribution in [1.82, 2.24) is 15.1 Å². The lowest BCUT2D eigenvalue weighted by molar-refractivity contribution is -0.141. The van der Waals surface area contributed by atoms with Gasteiger partial charge in [-0.15, -0.1) is 33.7 Å². The molecule has 32 heavy (non-hydrogen) atoms. The molecular formula is C24H30ClN3O2S2. The smallest absolute Gasteiger partial charge is 0.249 e. The van der Waals surface area contributed by atoms with Crippen molar-refractivity contribution in [3.63, 3.8) is 0 Å². The molecule has 1 saturated heterocycles. The van der Waals surface area contributed by atoms with Gasteiger partial charge in [0.15, 0.2) is 0 Å². The van der Waals surface area contributed by atoms with E-state index < -0.39 is 0 Å². The number of hydrogen-bond acceptors (Lipinski definition) is 6. The third-order valence-corrected chi connectivity index (χ3v) is 11.6. The van der Waals surface area contributed by atoms with E-state index in [0.717, 1.165) is 12.8 Å². The predicted molar refractivity (Wildman–Crippen MR) is 132 cm³/mol. The standard InChI is InChI=1S/C24H30ClN3O2S2/c1-15(2)28(14-21-26-27-22(30-21)19-8-3-4-9-20(19)25)23(29)16-12-17-6-5-7-18(13-16)24(17)31-10-11-32-24/h3-4,8-9,15-18H,5-7,10-14H2,1-2H3. The lowest BCUT2D eigenvalue weighted by Crippen LogP contribution is -2.51. The molecule has 2 heterocycles. The molecule has 0 radical (unpaired) electrons. The average molecular weight is 492 g/mol. The molecule has 0 N–H and O–H groups in total. The maximum atomic E-state index is 13.7. The van der Waals surface area contributed by atoms with Crippen LogP contribution in [-0.4, -0.2) is 42.6 Å². The number of carbonyl (C=O) groups excluding carboxylic acids is 1. The SMILES string of the molecule is CC(C)N(Cc1nnc(-c2ccccc2Cl)o1)C(=O)C1CC2CCCC(C1)C21SCCS1. The molecule has 3 aliphatic rings. The van der Waals surface area contributed by atoms with Gasteiger partial charge in [-0.25, -0.2) is 0 Å². The highest BCUT2D eigenvalue weighted by Crippen LogP contribution is 2.64. The van der Waals surface area contributed by atoms with E-state index in [9.17, 15) is 4.79 Å². The molecule has 2 atom stereocenters. The summed E-state index contributed by atoms with van der Waals surface area (Å²) < 4.78 is 6.30. The summed E-state index contributed by atoms with van der Waals surface area (Å²) in [6, 6.07) is 7.50. The molecule has 3 fully saturated rings. The van der Waals surface area contributed by atoms with Crippen molar-refractivity contribution in [3.05, 3.63) is 35.2 Å². The lowest BCUT2D eigenvalue weighted by atomic mass is 9.66. The van der Waals surface area contributed by atoms with E-state index in [4.69, 9.17) is 16.0 Å². The van der Waals surface area contributed by atoms with E-state index in [1.165, 1.54) is 30.8 Å². The molecule has 2 bridgehead atoms. The van der Waals surface area contributed by atoms with Crippen molar-refractivity contribution in [2.45, 2.75) is 62.6 Å². The van der Waals surface area contributed by atoms with Gasteiger partial charge in [0.25, 0.3) is 0 Å². The first-order valence-corrected chi connectivity index (χ1v) is 14.0. The van der Waals surface area contributed by atoms with Gasteiger partial charge in [0, 0.05) is 23.5 Å². The van der Waals surface area contributed by atoms with Crippen LogP contribution >= 0.6 is 35.1 Å². The van der Waals surface area contributed by atoms with Crippen LogP contribution in [0.4, 0.5) is 0 Å². The molecule has 1 aliphatic heterocycles. The number of hydrogen-bond donors (Lipinski definition) is 0. The normalized spacial score (nSPS) is 26.6. The van der Waals surface area contributed by atoms with E-state index >= 15 is 0 Å². The number of aromatic nitrogens is 2. The number of amides is 1. The summed E-state index contributed by atoms with van der Waals surface area (Å²) in [7, 11) is 0. The molecule has 172 valence electrons. The average Bonchev–Trinajstić information content (AvgIpc) is 3.42. The van der Waals surface area contributed by atoms with Crippen molar-refractivity contribution in [2.75, 3.05) is 11.5 Å². The highest BCUT2D eigenvalue weighted by atomic mass is 35.5. The van der Waals surface area contributed by atoms with Gasteiger partial charge in [-0.3, -0.25) is 4.79 Å².